The lowest BCUT2D eigenvalue weighted by atomic mass is 9.85. The Hall–Kier alpha value is -2.93. The lowest BCUT2D eigenvalue weighted by molar-refractivity contribution is 0.1000. The monoisotopic (exact) mass is 396 g/mol. The second-order valence-electron chi connectivity index (χ2n) is 7.03. The molecule has 2 aromatic heterocycles. The van der Waals surface area contributed by atoms with Crippen LogP contribution in [0.5, 0.6) is 0 Å². The Kier molecular flexibility index (Phi) is 4.77. The Balaban J connectivity index is 1.70. The van der Waals surface area contributed by atoms with Crippen molar-refractivity contribution in [2.75, 3.05) is 5.32 Å². The summed E-state index contributed by atoms with van der Waals surface area (Å²) in [6.45, 7) is 2.15. The molecule has 3 N–H and O–H groups in total. The Bertz CT molecular complexity index is 1150. The number of primary amides is 1. The molecule has 144 valence electrons. The molecule has 1 atom stereocenters. The van der Waals surface area contributed by atoms with Crippen LogP contribution in [0.3, 0.4) is 0 Å². The third kappa shape index (κ3) is 3.22. The van der Waals surface area contributed by atoms with E-state index in [9.17, 15) is 14.4 Å². The molecule has 0 saturated heterocycles. The molecule has 0 aliphatic heterocycles. The number of nitrogens with two attached hydrogens (primary N) is 1. The standard InChI is InChI=1S/C21H20N2O4S/c1-2-11-7-8-13-16(9-11)28-20(17(13)18(22)24)23-19(25)14-10-12-5-3-4-6-15(12)27-21(14)26/h3-6,10-11H,2,7-9H2,1H3,(H2,22,24)(H,23,25)/t11-/m1/s1. The van der Waals surface area contributed by atoms with Crippen molar-refractivity contribution in [1.29, 1.82) is 0 Å². The molecule has 28 heavy (non-hydrogen) atoms. The summed E-state index contributed by atoms with van der Waals surface area (Å²) in [4.78, 5) is 38.2. The van der Waals surface area contributed by atoms with Gasteiger partial charge in [-0.3, -0.25) is 9.59 Å². The number of benzene rings is 1. The molecule has 0 spiro atoms. The van der Waals surface area contributed by atoms with Gasteiger partial charge in [0.05, 0.1) is 5.56 Å². The van der Waals surface area contributed by atoms with E-state index in [1.54, 1.807) is 24.3 Å². The number of nitrogens with one attached hydrogen (secondary N) is 1. The highest BCUT2D eigenvalue weighted by atomic mass is 32.1. The second kappa shape index (κ2) is 7.24. The Morgan fingerprint density at radius 3 is 2.86 bits per heavy atom. The summed E-state index contributed by atoms with van der Waals surface area (Å²) in [5, 5.41) is 3.78. The largest absolute Gasteiger partial charge is 0.422 e. The van der Waals surface area contributed by atoms with Crippen LogP contribution in [0, 0.1) is 5.92 Å². The lowest BCUT2D eigenvalue weighted by Gasteiger charge is -2.20. The van der Waals surface area contributed by atoms with Crippen LogP contribution in [0.2, 0.25) is 0 Å². The second-order valence-corrected chi connectivity index (χ2v) is 8.13. The number of hydrogen-bond acceptors (Lipinski definition) is 5. The van der Waals surface area contributed by atoms with E-state index in [0.29, 0.717) is 27.5 Å². The predicted molar refractivity (Wildman–Crippen MR) is 109 cm³/mol. The first-order chi connectivity index (χ1) is 13.5. The zero-order valence-electron chi connectivity index (χ0n) is 15.4. The van der Waals surface area contributed by atoms with Gasteiger partial charge in [-0.2, -0.15) is 0 Å². The summed E-state index contributed by atoms with van der Waals surface area (Å²) in [5.74, 6) is -0.594. The number of para-hydroxylation sites is 1. The smallest absolute Gasteiger partial charge is 0.349 e. The van der Waals surface area contributed by atoms with E-state index in [-0.39, 0.29) is 5.56 Å². The Morgan fingerprint density at radius 1 is 1.32 bits per heavy atom. The van der Waals surface area contributed by atoms with Crippen molar-refractivity contribution in [1.82, 2.24) is 0 Å². The summed E-state index contributed by atoms with van der Waals surface area (Å²) in [5.41, 5.74) is 6.50. The van der Waals surface area contributed by atoms with Crippen molar-refractivity contribution in [2.45, 2.75) is 32.6 Å². The molecular formula is C21H20N2O4S. The molecule has 2 amide bonds. The number of fused-ring (bicyclic) bond motifs is 2. The molecule has 1 aliphatic rings. The van der Waals surface area contributed by atoms with Crippen LogP contribution in [-0.4, -0.2) is 11.8 Å². The number of amides is 2. The molecule has 6 nitrogen and oxygen atoms in total. The average molecular weight is 396 g/mol. The maximum Gasteiger partial charge on any atom is 0.349 e. The zero-order valence-corrected chi connectivity index (χ0v) is 16.2. The molecule has 0 unspecified atom stereocenters. The normalized spacial score (nSPS) is 16.0. The van der Waals surface area contributed by atoms with Gasteiger partial charge in [0.25, 0.3) is 11.8 Å². The number of hydrogen-bond donors (Lipinski definition) is 2. The van der Waals surface area contributed by atoms with Crippen molar-refractivity contribution in [3.8, 4) is 0 Å². The van der Waals surface area contributed by atoms with E-state index < -0.39 is 17.4 Å². The Labute approximate surface area is 165 Å². The van der Waals surface area contributed by atoms with E-state index >= 15 is 0 Å². The molecule has 0 bridgehead atoms. The predicted octanol–water partition coefficient (Wildman–Crippen LogP) is 3.72. The molecule has 4 rings (SSSR count). The number of anilines is 1. The van der Waals surface area contributed by atoms with E-state index in [4.69, 9.17) is 10.2 Å². The minimum absolute atomic E-state index is 0.105. The summed E-state index contributed by atoms with van der Waals surface area (Å²) >= 11 is 1.38. The maximum atomic E-state index is 12.8. The first-order valence-corrected chi connectivity index (χ1v) is 10.1. The van der Waals surface area contributed by atoms with Gasteiger partial charge in [0.1, 0.15) is 16.1 Å². The number of rotatable bonds is 4. The van der Waals surface area contributed by atoms with Gasteiger partial charge in [-0.15, -0.1) is 11.3 Å². The number of thiophene rings is 1. The zero-order chi connectivity index (χ0) is 19.8. The van der Waals surface area contributed by atoms with Crippen LogP contribution in [0.1, 0.15) is 50.9 Å². The minimum atomic E-state index is -0.718. The highest BCUT2D eigenvalue weighted by Crippen LogP contribution is 2.40. The molecule has 0 radical (unpaired) electrons. The third-order valence-corrected chi connectivity index (χ3v) is 6.47. The summed E-state index contributed by atoms with van der Waals surface area (Å²) < 4.78 is 5.23. The molecule has 1 aliphatic carbocycles. The molecule has 2 heterocycles. The SMILES string of the molecule is CC[C@@H]1CCc2c(sc(NC(=O)c3cc4ccccc4oc3=O)c2C(N)=O)C1. The first-order valence-electron chi connectivity index (χ1n) is 9.26. The molecule has 0 saturated carbocycles. The van der Waals surface area contributed by atoms with Crippen LogP contribution in [0.15, 0.2) is 39.5 Å². The van der Waals surface area contributed by atoms with Crippen LogP contribution in [0.4, 0.5) is 5.00 Å². The third-order valence-electron chi connectivity index (χ3n) is 5.30. The molecule has 1 aromatic carbocycles. The number of carbonyl (C=O) groups excluding carboxylic acids is 2. The topological polar surface area (TPSA) is 102 Å². The van der Waals surface area contributed by atoms with Crippen LogP contribution < -0.4 is 16.7 Å². The van der Waals surface area contributed by atoms with Crippen LogP contribution in [-0.2, 0) is 12.8 Å². The fourth-order valence-electron chi connectivity index (χ4n) is 3.74. The highest BCUT2D eigenvalue weighted by molar-refractivity contribution is 7.17. The fraction of sp³-hybridized carbons (Fsp3) is 0.286. The fourth-order valence-corrected chi connectivity index (χ4v) is 5.10. The van der Waals surface area contributed by atoms with E-state index in [1.165, 1.54) is 17.4 Å². The average Bonchev–Trinajstić information content (AvgIpc) is 3.04. The van der Waals surface area contributed by atoms with Gasteiger partial charge in [-0.25, -0.2) is 4.79 Å². The van der Waals surface area contributed by atoms with E-state index in [2.05, 4.69) is 12.2 Å². The summed E-state index contributed by atoms with van der Waals surface area (Å²) in [6.07, 6.45) is 3.73. The van der Waals surface area contributed by atoms with Gasteiger partial charge in [0.15, 0.2) is 0 Å². The van der Waals surface area contributed by atoms with Gasteiger partial charge < -0.3 is 15.5 Å². The van der Waals surface area contributed by atoms with Crippen molar-refractivity contribution in [3.05, 3.63) is 62.3 Å². The van der Waals surface area contributed by atoms with Gasteiger partial charge in [-0.1, -0.05) is 31.5 Å². The van der Waals surface area contributed by atoms with Crippen molar-refractivity contribution in [3.63, 3.8) is 0 Å². The van der Waals surface area contributed by atoms with Crippen LogP contribution in [0.25, 0.3) is 11.0 Å². The van der Waals surface area contributed by atoms with Crippen molar-refractivity contribution < 1.29 is 14.0 Å². The van der Waals surface area contributed by atoms with Gasteiger partial charge in [0, 0.05) is 10.3 Å². The van der Waals surface area contributed by atoms with Gasteiger partial charge >= 0.3 is 5.63 Å². The van der Waals surface area contributed by atoms with Crippen molar-refractivity contribution >= 4 is 39.1 Å². The van der Waals surface area contributed by atoms with Gasteiger partial charge in [0.2, 0.25) is 0 Å². The molecular weight excluding hydrogens is 376 g/mol. The van der Waals surface area contributed by atoms with Gasteiger partial charge in [-0.05, 0) is 42.9 Å². The van der Waals surface area contributed by atoms with E-state index in [0.717, 1.165) is 36.1 Å². The number of carbonyl (C=O) groups is 2. The van der Waals surface area contributed by atoms with E-state index in [1.807, 2.05) is 0 Å². The van der Waals surface area contributed by atoms with Crippen molar-refractivity contribution in [2.24, 2.45) is 11.7 Å². The quantitative estimate of drug-likeness (QED) is 0.656. The molecule has 3 aromatic rings. The van der Waals surface area contributed by atoms with Crippen LogP contribution >= 0.6 is 11.3 Å². The first kappa shape index (κ1) is 18.4. The highest BCUT2D eigenvalue weighted by Gasteiger charge is 2.28. The lowest BCUT2D eigenvalue weighted by Crippen LogP contribution is -2.23. The molecule has 0 fully saturated rings. The Morgan fingerprint density at radius 2 is 2.11 bits per heavy atom. The molecule has 7 heteroatoms. The minimum Gasteiger partial charge on any atom is -0.422 e. The summed E-state index contributed by atoms with van der Waals surface area (Å²) in [6, 6.07) is 8.48. The maximum absolute atomic E-state index is 12.8. The summed E-state index contributed by atoms with van der Waals surface area (Å²) in [7, 11) is 0.